The number of hydrogen-bond acceptors (Lipinski definition) is 7. The van der Waals surface area contributed by atoms with Gasteiger partial charge in [-0.05, 0) is 54.6 Å². The monoisotopic (exact) mass is 520 g/mol. The van der Waals surface area contributed by atoms with Gasteiger partial charge in [-0.25, -0.2) is 4.68 Å². The molecule has 1 fully saturated rings. The van der Waals surface area contributed by atoms with Gasteiger partial charge >= 0.3 is 0 Å². The fourth-order valence-corrected chi connectivity index (χ4v) is 5.08. The van der Waals surface area contributed by atoms with E-state index < -0.39 is 0 Å². The number of amides is 1. The SMILES string of the molecule is O=C(NCCn1nc(-c2cccs2)ccc1=O)C1CCCN(c2ccc(-c3ccc(Cl)cc3)nn2)C1. The summed E-state index contributed by atoms with van der Waals surface area (Å²) in [5, 5.41) is 18.8. The third-order valence-corrected chi connectivity index (χ3v) is 7.31. The highest BCUT2D eigenvalue weighted by Gasteiger charge is 2.26. The summed E-state index contributed by atoms with van der Waals surface area (Å²) in [4.78, 5) is 28.2. The van der Waals surface area contributed by atoms with Crippen LogP contribution < -0.4 is 15.8 Å². The maximum Gasteiger partial charge on any atom is 0.266 e. The van der Waals surface area contributed by atoms with Crippen molar-refractivity contribution < 1.29 is 4.79 Å². The minimum absolute atomic E-state index is 0.0205. The number of benzene rings is 1. The fraction of sp³-hybridized carbons (Fsp3) is 0.269. The Morgan fingerprint density at radius 3 is 2.64 bits per heavy atom. The van der Waals surface area contributed by atoms with Crippen LogP contribution in [0, 0.1) is 5.92 Å². The molecule has 0 aliphatic carbocycles. The molecule has 1 aromatic carbocycles. The van der Waals surface area contributed by atoms with Crippen molar-refractivity contribution in [3.05, 3.63) is 81.4 Å². The molecule has 1 amide bonds. The third kappa shape index (κ3) is 5.63. The standard InChI is InChI=1S/C26H25ClN6O2S/c27-20-7-5-18(6-8-20)21-9-11-24(30-29-21)32-14-1-3-19(17-32)26(35)28-13-15-33-25(34)12-10-22(31-33)23-4-2-16-36-23/h2,4-12,16,19H,1,3,13-15,17H2,(H,28,35). The molecule has 1 N–H and O–H groups in total. The number of halogens is 1. The Balaban J connectivity index is 1.16. The van der Waals surface area contributed by atoms with Crippen LogP contribution >= 0.6 is 22.9 Å². The van der Waals surface area contributed by atoms with Crippen molar-refractivity contribution in [2.45, 2.75) is 19.4 Å². The summed E-state index contributed by atoms with van der Waals surface area (Å²) in [7, 11) is 0. The molecule has 10 heteroatoms. The van der Waals surface area contributed by atoms with Crippen molar-refractivity contribution >= 4 is 34.7 Å². The number of carbonyl (C=O) groups is 1. The number of anilines is 1. The van der Waals surface area contributed by atoms with Crippen LogP contribution in [0.3, 0.4) is 0 Å². The Morgan fingerprint density at radius 2 is 1.89 bits per heavy atom. The maximum absolute atomic E-state index is 12.9. The summed E-state index contributed by atoms with van der Waals surface area (Å²) in [6.07, 6.45) is 1.70. The Kier molecular flexibility index (Phi) is 7.39. The molecule has 1 unspecified atom stereocenters. The van der Waals surface area contributed by atoms with E-state index in [4.69, 9.17) is 11.6 Å². The lowest BCUT2D eigenvalue weighted by molar-refractivity contribution is -0.125. The maximum atomic E-state index is 12.9. The predicted octanol–water partition coefficient (Wildman–Crippen LogP) is 4.12. The van der Waals surface area contributed by atoms with Crippen LogP contribution in [0.25, 0.3) is 21.8 Å². The molecule has 1 aliphatic heterocycles. The lowest BCUT2D eigenvalue weighted by Gasteiger charge is -2.32. The molecule has 0 bridgehead atoms. The first-order chi connectivity index (χ1) is 17.6. The highest BCUT2D eigenvalue weighted by molar-refractivity contribution is 7.13. The summed E-state index contributed by atoms with van der Waals surface area (Å²) in [5.41, 5.74) is 2.29. The third-order valence-electron chi connectivity index (χ3n) is 6.17. The fourth-order valence-electron chi connectivity index (χ4n) is 4.26. The summed E-state index contributed by atoms with van der Waals surface area (Å²) in [5.74, 6) is 0.581. The Morgan fingerprint density at radius 1 is 1.06 bits per heavy atom. The zero-order valence-corrected chi connectivity index (χ0v) is 21.1. The van der Waals surface area contributed by atoms with Crippen molar-refractivity contribution in [2.75, 3.05) is 24.5 Å². The average Bonchev–Trinajstić information content (AvgIpc) is 3.45. The van der Waals surface area contributed by atoms with Gasteiger partial charge in [-0.1, -0.05) is 29.8 Å². The number of carbonyl (C=O) groups excluding carboxylic acids is 1. The average molecular weight is 521 g/mol. The molecule has 36 heavy (non-hydrogen) atoms. The van der Waals surface area contributed by atoms with E-state index in [1.807, 2.05) is 53.9 Å². The van der Waals surface area contributed by atoms with Crippen LogP contribution in [0.2, 0.25) is 5.02 Å². The molecule has 5 rings (SSSR count). The van der Waals surface area contributed by atoms with E-state index in [1.165, 1.54) is 10.7 Å². The van der Waals surface area contributed by atoms with Gasteiger partial charge in [0.25, 0.3) is 5.56 Å². The van der Waals surface area contributed by atoms with E-state index in [2.05, 4.69) is 25.5 Å². The molecule has 0 radical (unpaired) electrons. The number of rotatable bonds is 7. The molecular formula is C26H25ClN6O2S. The Hall–Kier alpha value is -3.56. The largest absolute Gasteiger partial charge is 0.354 e. The first kappa shape index (κ1) is 24.1. The summed E-state index contributed by atoms with van der Waals surface area (Å²) < 4.78 is 1.40. The van der Waals surface area contributed by atoms with Crippen molar-refractivity contribution in [3.8, 4) is 21.8 Å². The van der Waals surface area contributed by atoms with Gasteiger partial charge in [-0.2, -0.15) is 5.10 Å². The summed E-state index contributed by atoms with van der Waals surface area (Å²) >= 11 is 7.54. The minimum atomic E-state index is -0.186. The second-order valence-corrected chi connectivity index (χ2v) is 10.0. The minimum Gasteiger partial charge on any atom is -0.354 e. The van der Waals surface area contributed by atoms with Crippen molar-refractivity contribution in [2.24, 2.45) is 5.92 Å². The number of aromatic nitrogens is 4. The molecular weight excluding hydrogens is 496 g/mol. The van der Waals surface area contributed by atoms with E-state index in [0.29, 0.717) is 24.7 Å². The molecule has 8 nitrogen and oxygen atoms in total. The lowest BCUT2D eigenvalue weighted by atomic mass is 9.97. The first-order valence-electron chi connectivity index (χ1n) is 11.8. The second-order valence-electron chi connectivity index (χ2n) is 8.62. The number of thiophene rings is 1. The zero-order valence-electron chi connectivity index (χ0n) is 19.5. The van der Waals surface area contributed by atoms with Crippen LogP contribution in [-0.2, 0) is 11.3 Å². The lowest BCUT2D eigenvalue weighted by Crippen LogP contribution is -2.44. The number of hydrogen-bond donors (Lipinski definition) is 1. The van der Waals surface area contributed by atoms with E-state index in [0.717, 1.165) is 47.0 Å². The van der Waals surface area contributed by atoms with Crippen LogP contribution in [0.15, 0.2) is 70.8 Å². The number of nitrogens with one attached hydrogen (secondary N) is 1. The topological polar surface area (TPSA) is 93.0 Å². The molecule has 4 aromatic rings. The molecule has 1 aliphatic rings. The van der Waals surface area contributed by atoms with Gasteiger partial charge in [0, 0.05) is 36.3 Å². The van der Waals surface area contributed by atoms with Crippen molar-refractivity contribution in [3.63, 3.8) is 0 Å². The normalized spacial score (nSPS) is 15.6. The van der Waals surface area contributed by atoms with Gasteiger partial charge in [0.2, 0.25) is 5.91 Å². The molecule has 0 saturated carbocycles. The quantitative estimate of drug-likeness (QED) is 0.394. The highest BCUT2D eigenvalue weighted by Crippen LogP contribution is 2.24. The van der Waals surface area contributed by atoms with Gasteiger partial charge in [0.1, 0.15) is 5.69 Å². The van der Waals surface area contributed by atoms with E-state index in [-0.39, 0.29) is 17.4 Å². The molecule has 1 saturated heterocycles. The number of piperidine rings is 1. The van der Waals surface area contributed by atoms with E-state index >= 15 is 0 Å². The molecule has 0 spiro atoms. The molecule has 3 aromatic heterocycles. The Labute approximate surface area is 217 Å². The molecule has 184 valence electrons. The molecule has 1 atom stereocenters. The smallest absolute Gasteiger partial charge is 0.266 e. The van der Waals surface area contributed by atoms with Crippen LogP contribution in [0.5, 0.6) is 0 Å². The first-order valence-corrected chi connectivity index (χ1v) is 13.1. The second kappa shape index (κ2) is 11.0. The molecule has 4 heterocycles. The van der Waals surface area contributed by atoms with Gasteiger partial charge < -0.3 is 10.2 Å². The highest BCUT2D eigenvalue weighted by atomic mass is 35.5. The van der Waals surface area contributed by atoms with E-state index in [9.17, 15) is 9.59 Å². The van der Waals surface area contributed by atoms with Crippen molar-refractivity contribution in [1.82, 2.24) is 25.3 Å². The van der Waals surface area contributed by atoms with Gasteiger partial charge in [-0.15, -0.1) is 21.5 Å². The van der Waals surface area contributed by atoms with E-state index in [1.54, 1.807) is 17.4 Å². The number of nitrogens with zero attached hydrogens (tertiary/aromatic N) is 5. The van der Waals surface area contributed by atoms with Gasteiger partial charge in [0.05, 0.1) is 23.0 Å². The predicted molar refractivity (Wildman–Crippen MR) is 142 cm³/mol. The Bertz CT molecular complexity index is 1370. The van der Waals surface area contributed by atoms with Gasteiger partial charge in [-0.3, -0.25) is 9.59 Å². The summed E-state index contributed by atoms with van der Waals surface area (Å²) in [6.45, 7) is 2.06. The van der Waals surface area contributed by atoms with Crippen LogP contribution in [0.1, 0.15) is 12.8 Å². The van der Waals surface area contributed by atoms with Gasteiger partial charge in [0.15, 0.2) is 5.82 Å². The summed E-state index contributed by atoms with van der Waals surface area (Å²) in [6, 6.07) is 18.5. The zero-order chi connectivity index (χ0) is 24.9. The van der Waals surface area contributed by atoms with Crippen LogP contribution in [0.4, 0.5) is 5.82 Å². The van der Waals surface area contributed by atoms with Crippen LogP contribution in [-0.4, -0.2) is 45.5 Å². The van der Waals surface area contributed by atoms with Crippen molar-refractivity contribution in [1.29, 1.82) is 0 Å².